The molecule has 0 atom stereocenters. The molecule has 3 N–H and O–H groups in total. The third kappa shape index (κ3) is 2.19. The number of pyridine rings is 1. The second-order valence-corrected chi connectivity index (χ2v) is 6.81. The highest BCUT2D eigenvalue weighted by Gasteiger charge is 2.19. The molecule has 0 saturated heterocycles. The van der Waals surface area contributed by atoms with Crippen molar-refractivity contribution in [1.29, 1.82) is 0 Å². The van der Waals surface area contributed by atoms with Crippen LogP contribution in [0.1, 0.15) is 0 Å². The van der Waals surface area contributed by atoms with Crippen LogP contribution in [0.25, 0.3) is 43.2 Å². The van der Waals surface area contributed by atoms with Crippen LogP contribution >= 0.6 is 23.6 Å². The van der Waals surface area contributed by atoms with E-state index in [1.165, 1.54) is 11.3 Å². The molecule has 122 valence electrons. The number of aromatic nitrogens is 3. The molecule has 0 radical (unpaired) electrons. The topological polar surface area (TPSA) is 93.9 Å². The molecular weight excluding hydrogens is 356 g/mol. The zero-order valence-corrected chi connectivity index (χ0v) is 14.3. The van der Waals surface area contributed by atoms with Crippen LogP contribution in [0.15, 0.2) is 51.7 Å². The highest BCUT2D eigenvalue weighted by molar-refractivity contribution is 7.71. The third-order valence-electron chi connectivity index (χ3n) is 3.91. The molecular formula is C17H10N4O2S2. The van der Waals surface area contributed by atoms with Crippen LogP contribution in [-0.4, -0.2) is 15.0 Å². The summed E-state index contributed by atoms with van der Waals surface area (Å²) in [5.74, 6) is 1.81. The molecule has 0 bridgehead atoms. The fraction of sp³-hybridized carbons (Fsp3) is 0. The van der Waals surface area contributed by atoms with Gasteiger partial charge in [0.25, 0.3) is 0 Å². The van der Waals surface area contributed by atoms with Gasteiger partial charge in [-0.2, -0.15) is 0 Å². The van der Waals surface area contributed by atoms with Gasteiger partial charge in [-0.15, -0.1) is 11.3 Å². The largest absolute Gasteiger partial charge is 0.464 e. The Bertz CT molecular complexity index is 1270. The number of nitrogen functional groups attached to an aromatic ring is 1. The number of nitrogens with one attached hydrogen (secondary N) is 1. The molecule has 5 aromatic heterocycles. The summed E-state index contributed by atoms with van der Waals surface area (Å²) in [4.78, 5) is 12.8. The molecule has 0 aliphatic carbocycles. The summed E-state index contributed by atoms with van der Waals surface area (Å²) >= 11 is 6.65. The Hall–Kier alpha value is -2.97. The predicted molar refractivity (Wildman–Crippen MR) is 99.9 cm³/mol. The number of furan rings is 2. The number of hydrogen-bond acceptors (Lipinski definition) is 7. The maximum atomic E-state index is 6.07. The van der Waals surface area contributed by atoms with Crippen molar-refractivity contribution in [1.82, 2.24) is 15.0 Å². The number of H-pyrrole nitrogens is 1. The lowest BCUT2D eigenvalue weighted by Crippen LogP contribution is -1.92. The van der Waals surface area contributed by atoms with E-state index in [0.29, 0.717) is 16.3 Å². The normalized spacial score (nSPS) is 11.5. The van der Waals surface area contributed by atoms with Gasteiger partial charge in [-0.3, -0.25) is 0 Å². The summed E-state index contributed by atoms with van der Waals surface area (Å²) < 4.78 is 12.3. The summed E-state index contributed by atoms with van der Waals surface area (Å²) in [6.07, 6.45) is 3.26. The lowest BCUT2D eigenvalue weighted by Gasteiger charge is -2.04. The first-order chi connectivity index (χ1) is 12.2. The number of thiophene rings is 1. The van der Waals surface area contributed by atoms with Crippen LogP contribution in [0.4, 0.5) is 5.82 Å². The Morgan fingerprint density at radius 1 is 1.08 bits per heavy atom. The molecule has 5 rings (SSSR count). The molecule has 5 heterocycles. The Balaban J connectivity index is 1.97. The second-order valence-electron chi connectivity index (χ2n) is 5.42. The monoisotopic (exact) mass is 366 g/mol. The van der Waals surface area contributed by atoms with Crippen LogP contribution < -0.4 is 5.73 Å². The van der Waals surface area contributed by atoms with Crippen LogP contribution in [0.5, 0.6) is 0 Å². The van der Waals surface area contributed by atoms with Crippen molar-refractivity contribution in [2.75, 3.05) is 5.73 Å². The summed E-state index contributed by atoms with van der Waals surface area (Å²) in [5, 5.41) is 0.908. The van der Waals surface area contributed by atoms with Gasteiger partial charge in [0.1, 0.15) is 22.1 Å². The van der Waals surface area contributed by atoms with E-state index in [1.807, 2.05) is 30.3 Å². The number of anilines is 1. The van der Waals surface area contributed by atoms with Crippen molar-refractivity contribution in [3.8, 4) is 22.8 Å². The molecule has 5 aromatic rings. The van der Waals surface area contributed by atoms with Gasteiger partial charge in [-0.05, 0) is 42.5 Å². The van der Waals surface area contributed by atoms with Crippen molar-refractivity contribution >= 4 is 49.8 Å². The highest BCUT2D eigenvalue weighted by Crippen LogP contribution is 2.41. The fourth-order valence-electron chi connectivity index (χ4n) is 2.87. The Labute approximate surface area is 149 Å². The van der Waals surface area contributed by atoms with E-state index in [1.54, 1.807) is 12.5 Å². The average molecular weight is 366 g/mol. The zero-order valence-electron chi connectivity index (χ0n) is 12.6. The molecule has 0 aliphatic heterocycles. The fourth-order valence-corrected chi connectivity index (χ4v) is 4.13. The first kappa shape index (κ1) is 14.4. The van der Waals surface area contributed by atoms with Gasteiger partial charge < -0.3 is 19.6 Å². The third-order valence-corrected chi connectivity index (χ3v) is 5.21. The average Bonchev–Trinajstić information content (AvgIpc) is 3.34. The van der Waals surface area contributed by atoms with Crippen LogP contribution in [0, 0.1) is 4.77 Å². The van der Waals surface area contributed by atoms with Gasteiger partial charge in [-0.25, -0.2) is 9.97 Å². The van der Waals surface area contributed by atoms with Crippen LogP contribution in [0.2, 0.25) is 0 Å². The van der Waals surface area contributed by atoms with Crippen molar-refractivity contribution < 1.29 is 8.83 Å². The molecule has 0 aromatic carbocycles. The number of nitrogens with zero attached hydrogens (tertiary/aromatic N) is 2. The number of hydrogen-bond donors (Lipinski definition) is 2. The summed E-state index contributed by atoms with van der Waals surface area (Å²) in [6.45, 7) is 0. The zero-order chi connectivity index (χ0) is 17.0. The minimum Gasteiger partial charge on any atom is -0.464 e. The lowest BCUT2D eigenvalue weighted by atomic mass is 10.1. The molecule has 8 heteroatoms. The second kappa shape index (κ2) is 5.27. The Kier molecular flexibility index (Phi) is 3.03. The number of rotatable bonds is 2. The molecule has 6 nitrogen and oxygen atoms in total. The van der Waals surface area contributed by atoms with Crippen molar-refractivity contribution in [2.45, 2.75) is 0 Å². The Morgan fingerprint density at radius 3 is 2.56 bits per heavy atom. The smallest absolute Gasteiger partial charge is 0.199 e. The lowest BCUT2D eigenvalue weighted by molar-refractivity contribution is 0.579. The van der Waals surface area contributed by atoms with E-state index in [9.17, 15) is 0 Å². The van der Waals surface area contributed by atoms with Gasteiger partial charge in [-0.1, -0.05) is 0 Å². The first-order valence-corrected chi connectivity index (χ1v) is 8.64. The van der Waals surface area contributed by atoms with Crippen molar-refractivity contribution in [2.24, 2.45) is 0 Å². The first-order valence-electron chi connectivity index (χ1n) is 7.41. The maximum absolute atomic E-state index is 6.07. The molecule has 0 unspecified atom stereocenters. The van der Waals surface area contributed by atoms with E-state index in [0.717, 1.165) is 37.5 Å². The van der Waals surface area contributed by atoms with Crippen molar-refractivity contribution in [3.05, 3.63) is 47.6 Å². The predicted octanol–water partition coefficient (Wildman–Crippen LogP) is 5.00. The number of nitrogens with two attached hydrogens (primary N) is 1. The van der Waals surface area contributed by atoms with Crippen LogP contribution in [0.3, 0.4) is 0 Å². The molecule has 0 fully saturated rings. The molecule has 0 spiro atoms. The molecule has 0 saturated carbocycles. The summed E-state index contributed by atoms with van der Waals surface area (Å²) in [7, 11) is 0. The van der Waals surface area contributed by atoms with E-state index in [4.69, 9.17) is 31.8 Å². The summed E-state index contributed by atoms with van der Waals surface area (Å²) in [6, 6.07) is 9.40. The maximum Gasteiger partial charge on any atom is 0.199 e. The van der Waals surface area contributed by atoms with E-state index in [-0.39, 0.29) is 0 Å². The van der Waals surface area contributed by atoms with E-state index < -0.39 is 0 Å². The number of fused-ring (bicyclic) bond motifs is 3. The summed E-state index contributed by atoms with van der Waals surface area (Å²) in [5.41, 5.74) is 8.50. The van der Waals surface area contributed by atoms with Gasteiger partial charge in [0.05, 0.1) is 22.7 Å². The Morgan fingerprint density at radius 2 is 1.84 bits per heavy atom. The van der Waals surface area contributed by atoms with Crippen LogP contribution in [-0.2, 0) is 0 Å². The van der Waals surface area contributed by atoms with E-state index >= 15 is 0 Å². The SMILES string of the molecule is Nc1nc(=S)[nH]c2c1sc1nc(-c3ccco3)cc(-c3ccco3)c12. The standard InChI is InChI=1S/C17H10N4O2S2/c18-15-14-13(20-17(24)21-15)12-8(10-3-1-5-22-10)7-9(19-16(12)25-14)11-4-2-6-23-11/h1-7H,(H3,18,20,21,24). The molecule has 0 aliphatic rings. The van der Waals surface area contributed by atoms with E-state index in [2.05, 4.69) is 9.97 Å². The van der Waals surface area contributed by atoms with Gasteiger partial charge >= 0.3 is 0 Å². The van der Waals surface area contributed by atoms with Gasteiger partial charge in [0.2, 0.25) is 0 Å². The highest BCUT2D eigenvalue weighted by atomic mass is 32.1. The number of aromatic amines is 1. The quantitative estimate of drug-likeness (QED) is 0.427. The van der Waals surface area contributed by atoms with Gasteiger partial charge in [0.15, 0.2) is 10.5 Å². The molecule has 25 heavy (non-hydrogen) atoms. The minimum atomic E-state index is 0.338. The minimum absolute atomic E-state index is 0.338. The molecule has 0 amide bonds. The van der Waals surface area contributed by atoms with Gasteiger partial charge in [0, 0.05) is 10.9 Å². The van der Waals surface area contributed by atoms with Crippen molar-refractivity contribution in [3.63, 3.8) is 0 Å².